The summed E-state index contributed by atoms with van der Waals surface area (Å²) in [7, 11) is 0. The second kappa shape index (κ2) is 5.76. The Morgan fingerprint density at radius 1 is 1.15 bits per heavy atom. The van der Waals surface area contributed by atoms with Gasteiger partial charge in [-0.15, -0.1) is 0 Å². The van der Waals surface area contributed by atoms with Gasteiger partial charge in [-0.05, 0) is 17.9 Å². The van der Waals surface area contributed by atoms with Crippen molar-refractivity contribution in [2.75, 3.05) is 13.2 Å². The van der Waals surface area contributed by atoms with E-state index in [1.54, 1.807) is 0 Å². The van der Waals surface area contributed by atoms with E-state index in [0.29, 0.717) is 5.92 Å². The predicted molar refractivity (Wildman–Crippen MR) is 55.8 cm³/mol. The summed E-state index contributed by atoms with van der Waals surface area (Å²) in [6.45, 7) is 6.04. The molecule has 0 aliphatic carbocycles. The molecule has 0 atom stereocenters. The summed E-state index contributed by atoms with van der Waals surface area (Å²) >= 11 is 0. The maximum Gasteiger partial charge on any atom is 0.0506 e. The first-order valence-corrected chi connectivity index (χ1v) is 4.90. The van der Waals surface area contributed by atoms with Gasteiger partial charge in [-0.1, -0.05) is 44.2 Å². The third-order valence-electron chi connectivity index (χ3n) is 1.83. The lowest BCUT2D eigenvalue weighted by Crippen LogP contribution is -2.04. The van der Waals surface area contributed by atoms with E-state index in [0.717, 1.165) is 19.6 Å². The zero-order chi connectivity index (χ0) is 9.52. The van der Waals surface area contributed by atoms with Gasteiger partial charge in [-0.3, -0.25) is 0 Å². The zero-order valence-electron chi connectivity index (χ0n) is 8.49. The molecule has 0 spiro atoms. The average Bonchev–Trinajstić information content (AvgIpc) is 2.14. The second-order valence-corrected chi connectivity index (χ2v) is 3.70. The molecule has 0 aliphatic rings. The van der Waals surface area contributed by atoms with Crippen molar-refractivity contribution in [1.29, 1.82) is 0 Å². The Kier molecular flexibility index (Phi) is 4.55. The van der Waals surface area contributed by atoms with Gasteiger partial charge in [0, 0.05) is 6.61 Å². The molecule has 0 N–H and O–H groups in total. The van der Waals surface area contributed by atoms with Crippen molar-refractivity contribution in [3.05, 3.63) is 35.9 Å². The van der Waals surface area contributed by atoms with E-state index in [4.69, 9.17) is 4.74 Å². The van der Waals surface area contributed by atoms with Crippen LogP contribution in [0.25, 0.3) is 0 Å². The Hall–Kier alpha value is -0.820. The molecule has 1 nitrogen and oxygen atoms in total. The van der Waals surface area contributed by atoms with Gasteiger partial charge in [0.05, 0.1) is 6.61 Å². The van der Waals surface area contributed by atoms with E-state index in [1.165, 1.54) is 5.56 Å². The van der Waals surface area contributed by atoms with Crippen LogP contribution in [0.5, 0.6) is 0 Å². The van der Waals surface area contributed by atoms with Gasteiger partial charge in [0.1, 0.15) is 0 Å². The molecule has 0 amide bonds. The van der Waals surface area contributed by atoms with Gasteiger partial charge >= 0.3 is 0 Å². The monoisotopic (exact) mass is 178 g/mol. The van der Waals surface area contributed by atoms with Crippen molar-refractivity contribution in [1.82, 2.24) is 0 Å². The molecule has 0 aromatic heterocycles. The molecule has 72 valence electrons. The minimum absolute atomic E-state index is 0.635. The molecule has 0 unspecified atom stereocenters. The molecule has 0 saturated heterocycles. The lowest BCUT2D eigenvalue weighted by molar-refractivity contribution is 0.112. The molecule has 0 radical (unpaired) electrons. The highest BCUT2D eigenvalue weighted by molar-refractivity contribution is 5.14. The Balaban J connectivity index is 2.13. The quantitative estimate of drug-likeness (QED) is 0.630. The van der Waals surface area contributed by atoms with Gasteiger partial charge in [-0.25, -0.2) is 0 Å². The van der Waals surface area contributed by atoms with Crippen molar-refractivity contribution >= 4 is 0 Å². The third kappa shape index (κ3) is 4.69. The van der Waals surface area contributed by atoms with Gasteiger partial charge in [0.15, 0.2) is 0 Å². The molecule has 0 fully saturated rings. The molecule has 1 aromatic carbocycles. The van der Waals surface area contributed by atoms with E-state index in [1.807, 2.05) is 6.07 Å². The normalized spacial score (nSPS) is 10.7. The van der Waals surface area contributed by atoms with Gasteiger partial charge in [0.2, 0.25) is 0 Å². The first kappa shape index (κ1) is 10.3. The number of hydrogen-bond acceptors (Lipinski definition) is 1. The summed E-state index contributed by atoms with van der Waals surface area (Å²) in [6, 6.07) is 10.4. The maximum atomic E-state index is 5.50. The van der Waals surface area contributed by atoms with E-state index in [-0.39, 0.29) is 0 Å². The highest BCUT2D eigenvalue weighted by Crippen LogP contribution is 2.00. The Bertz CT molecular complexity index is 216. The SMILES string of the molecule is CC(C)COCCc1ccccc1. The van der Waals surface area contributed by atoms with Crippen LogP contribution in [0.2, 0.25) is 0 Å². The van der Waals surface area contributed by atoms with E-state index in [2.05, 4.69) is 38.1 Å². The molecule has 0 heterocycles. The fourth-order valence-corrected chi connectivity index (χ4v) is 1.15. The smallest absolute Gasteiger partial charge is 0.0506 e. The topological polar surface area (TPSA) is 9.23 Å². The van der Waals surface area contributed by atoms with Crippen LogP contribution in [0.4, 0.5) is 0 Å². The van der Waals surface area contributed by atoms with Gasteiger partial charge < -0.3 is 4.74 Å². The average molecular weight is 178 g/mol. The van der Waals surface area contributed by atoms with Crippen LogP contribution in [-0.4, -0.2) is 13.2 Å². The highest BCUT2D eigenvalue weighted by Gasteiger charge is 1.94. The van der Waals surface area contributed by atoms with Crippen LogP contribution in [0.1, 0.15) is 19.4 Å². The van der Waals surface area contributed by atoms with Crippen molar-refractivity contribution in [3.8, 4) is 0 Å². The molecule has 0 bridgehead atoms. The fraction of sp³-hybridized carbons (Fsp3) is 0.500. The standard InChI is InChI=1S/C12H18O/c1-11(2)10-13-9-8-12-6-4-3-5-7-12/h3-7,11H,8-10H2,1-2H3. The minimum atomic E-state index is 0.635. The highest BCUT2D eigenvalue weighted by atomic mass is 16.5. The summed E-state index contributed by atoms with van der Waals surface area (Å²) in [4.78, 5) is 0. The molecule has 1 aromatic rings. The molecular weight excluding hydrogens is 160 g/mol. The predicted octanol–water partition coefficient (Wildman–Crippen LogP) is 2.90. The number of ether oxygens (including phenoxy) is 1. The van der Waals surface area contributed by atoms with Crippen LogP contribution < -0.4 is 0 Å². The zero-order valence-corrected chi connectivity index (χ0v) is 8.49. The van der Waals surface area contributed by atoms with Crippen molar-refractivity contribution in [2.24, 2.45) is 5.92 Å². The largest absolute Gasteiger partial charge is 0.381 e. The molecule has 0 saturated carbocycles. The molecule has 0 aliphatic heterocycles. The van der Waals surface area contributed by atoms with Crippen LogP contribution in [-0.2, 0) is 11.2 Å². The van der Waals surface area contributed by atoms with Gasteiger partial charge in [-0.2, -0.15) is 0 Å². The second-order valence-electron chi connectivity index (χ2n) is 3.70. The number of benzene rings is 1. The summed E-state index contributed by atoms with van der Waals surface area (Å²) < 4.78 is 5.50. The molecule has 13 heavy (non-hydrogen) atoms. The third-order valence-corrected chi connectivity index (χ3v) is 1.83. The van der Waals surface area contributed by atoms with Crippen molar-refractivity contribution in [3.63, 3.8) is 0 Å². The van der Waals surface area contributed by atoms with Gasteiger partial charge in [0.25, 0.3) is 0 Å². The molecule has 1 heteroatoms. The van der Waals surface area contributed by atoms with Crippen LogP contribution in [0.3, 0.4) is 0 Å². The Labute approximate surface area is 80.7 Å². The molecule has 1 rings (SSSR count). The lowest BCUT2D eigenvalue weighted by Gasteiger charge is -2.06. The Morgan fingerprint density at radius 3 is 2.46 bits per heavy atom. The maximum absolute atomic E-state index is 5.50. The van der Waals surface area contributed by atoms with Crippen LogP contribution in [0.15, 0.2) is 30.3 Å². The van der Waals surface area contributed by atoms with E-state index < -0.39 is 0 Å². The fourth-order valence-electron chi connectivity index (χ4n) is 1.15. The van der Waals surface area contributed by atoms with Crippen LogP contribution in [0, 0.1) is 5.92 Å². The van der Waals surface area contributed by atoms with Crippen LogP contribution >= 0.6 is 0 Å². The first-order valence-electron chi connectivity index (χ1n) is 4.90. The summed E-state index contributed by atoms with van der Waals surface area (Å²) in [5.74, 6) is 0.635. The lowest BCUT2D eigenvalue weighted by atomic mass is 10.2. The van der Waals surface area contributed by atoms with Crippen molar-refractivity contribution in [2.45, 2.75) is 20.3 Å². The summed E-state index contributed by atoms with van der Waals surface area (Å²) in [6.07, 6.45) is 1.02. The summed E-state index contributed by atoms with van der Waals surface area (Å²) in [5.41, 5.74) is 1.35. The first-order chi connectivity index (χ1) is 6.29. The summed E-state index contributed by atoms with van der Waals surface area (Å²) in [5, 5.41) is 0. The van der Waals surface area contributed by atoms with E-state index in [9.17, 15) is 0 Å². The number of rotatable bonds is 5. The van der Waals surface area contributed by atoms with Crippen molar-refractivity contribution < 1.29 is 4.74 Å². The Morgan fingerprint density at radius 2 is 1.85 bits per heavy atom. The molecular formula is C12H18O. The number of hydrogen-bond donors (Lipinski definition) is 0. The van der Waals surface area contributed by atoms with E-state index >= 15 is 0 Å². The minimum Gasteiger partial charge on any atom is -0.381 e.